The molecule has 0 saturated carbocycles. The van der Waals surface area contributed by atoms with Gasteiger partial charge in [0.15, 0.2) is 11.5 Å². The van der Waals surface area contributed by atoms with E-state index in [0.717, 1.165) is 0 Å². The van der Waals surface area contributed by atoms with Crippen molar-refractivity contribution in [2.24, 2.45) is 0 Å². The second kappa shape index (κ2) is 6.95. The summed E-state index contributed by atoms with van der Waals surface area (Å²) in [5, 5.41) is 0. The highest BCUT2D eigenvalue weighted by atomic mass is 31.3. The van der Waals surface area contributed by atoms with Crippen LogP contribution in [-0.4, -0.2) is 14.7 Å². The highest BCUT2D eigenvalue weighted by Gasteiger charge is 2.51. The van der Waals surface area contributed by atoms with Crippen LogP contribution in [-0.2, 0) is 4.31 Å². The molecule has 0 unspecified atom stereocenters. The quantitative estimate of drug-likeness (QED) is 0.710. The van der Waals surface area contributed by atoms with E-state index in [4.69, 9.17) is 18.8 Å². The van der Waals surface area contributed by atoms with Gasteiger partial charge in [-0.2, -0.15) is 4.89 Å². The van der Waals surface area contributed by atoms with Gasteiger partial charge in [0, 0.05) is 0 Å². The number of benzene rings is 2. The van der Waals surface area contributed by atoms with Crippen molar-refractivity contribution in [2.75, 3.05) is 0 Å². The average Bonchev–Trinajstić information content (AvgIpc) is 2.39. The van der Waals surface area contributed by atoms with Gasteiger partial charge in [0.2, 0.25) is 0 Å². The highest BCUT2D eigenvalue weighted by Crippen LogP contribution is 2.63. The van der Waals surface area contributed by atoms with Crippen molar-refractivity contribution in [3.63, 3.8) is 0 Å². The first-order valence-corrected chi connectivity index (χ1v) is 8.22. The molecule has 0 aliphatic carbocycles. The summed E-state index contributed by atoms with van der Waals surface area (Å²) in [5.41, 5.74) is 0. The molecule has 2 aromatic carbocycles. The molecule has 6 nitrogen and oxygen atoms in total. The number of hydrogen-bond donors (Lipinski definition) is 3. The van der Waals surface area contributed by atoms with Crippen LogP contribution >= 0.6 is 16.8 Å². The van der Waals surface area contributed by atoms with Crippen molar-refractivity contribution >= 4 is 16.8 Å². The third-order valence-electron chi connectivity index (χ3n) is 2.10. The van der Waals surface area contributed by atoms with Crippen LogP contribution in [0.4, 0.5) is 0 Å². The van der Waals surface area contributed by atoms with Crippen molar-refractivity contribution in [1.29, 1.82) is 0 Å². The Hall–Kier alpha value is -1.26. The van der Waals surface area contributed by atoms with Gasteiger partial charge in [-0.05, 0) is 24.3 Å². The normalized spacial score (nSPS) is 11.4. The van der Waals surface area contributed by atoms with Crippen molar-refractivity contribution < 1.29 is 28.0 Å². The van der Waals surface area contributed by atoms with Gasteiger partial charge < -0.3 is 9.79 Å². The van der Waals surface area contributed by atoms with E-state index in [1.807, 2.05) is 0 Å². The minimum Gasteiger partial charge on any atom is -0.325 e. The van der Waals surface area contributed by atoms with E-state index >= 15 is 0 Å². The van der Waals surface area contributed by atoms with Gasteiger partial charge in [-0.3, -0.25) is 9.05 Å². The fourth-order valence-electron chi connectivity index (χ4n) is 1.37. The van der Waals surface area contributed by atoms with Gasteiger partial charge in [0.05, 0.1) is 0 Å². The molecule has 2 aromatic rings. The molecule has 0 spiro atoms. The van der Waals surface area contributed by atoms with Crippen LogP contribution in [0.25, 0.3) is 0 Å². The molecular formula is C12H13O6P2+. The van der Waals surface area contributed by atoms with Gasteiger partial charge in [-0.15, -0.1) is 0 Å². The van der Waals surface area contributed by atoms with Crippen molar-refractivity contribution in [3.8, 4) is 11.5 Å². The van der Waals surface area contributed by atoms with Crippen LogP contribution < -0.4 is 9.05 Å². The Balaban J connectivity index is 2.17. The van der Waals surface area contributed by atoms with E-state index in [-0.39, 0.29) is 11.5 Å². The molecule has 8 heteroatoms. The Morgan fingerprint density at radius 1 is 0.750 bits per heavy atom. The predicted molar refractivity (Wildman–Crippen MR) is 75.7 cm³/mol. The standard InChI is InChI=1S/C12H13O6P2/c13-19(14)18-20(15,16-11-7-3-1-4-8-11)17-12-9-5-2-6-10-12/h1-10,13-15H/q+1. The van der Waals surface area contributed by atoms with E-state index in [0.29, 0.717) is 0 Å². The van der Waals surface area contributed by atoms with Crippen molar-refractivity contribution in [2.45, 2.75) is 0 Å². The van der Waals surface area contributed by atoms with Gasteiger partial charge >= 0.3 is 16.8 Å². The maximum Gasteiger partial charge on any atom is 0.674 e. The molecule has 0 saturated heterocycles. The van der Waals surface area contributed by atoms with E-state index in [1.165, 1.54) is 0 Å². The SMILES string of the molecule is OP(O)O[P+](O)(Oc1ccccc1)Oc1ccccc1. The summed E-state index contributed by atoms with van der Waals surface area (Å²) >= 11 is 0. The maximum absolute atomic E-state index is 10.2. The van der Waals surface area contributed by atoms with Crippen LogP contribution in [0, 0.1) is 0 Å². The van der Waals surface area contributed by atoms with Crippen molar-refractivity contribution in [3.05, 3.63) is 60.7 Å². The van der Waals surface area contributed by atoms with E-state index in [9.17, 15) is 4.89 Å². The number of hydrogen-bond acceptors (Lipinski definition) is 6. The molecule has 0 aliphatic heterocycles. The third kappa shape index (κ3) is 4.69. The highest BCUT2D eigenvalue weighted by molar-refractivity contribution is 7.63. The minimum atomic E-state index is -3.94. The lowest BCUT2D eigenvalue weighted by molar-refractivity contribution is 0.237. The first-order valence-electron chi connectivity index (χ1n) is 5.56. The largest absolute Gasteiger partial charge is 0.674 e. The zero-order valence-corrected chi connectivity index (χ0v) is 12.0. The molecule has 0 amide bonds. The topological polar surface area (TPSA) is 88.4 Å². The Morgan fingerprint density at radius 3 is 1.50 bits per heavy atom. The zero-order chi connectivity index (χ0) is 14.4. The third-order valence-corrected chi connectivity index (χ3v) is 4.40. The lowest BCUT2D eigenvalue weighted by atomic mass is 10.3. The van der Waals surface area contributed by atoms with Crippen LogP contribution in [0.1, 0.15) is 0 Å². The van der Waals surface area contributed by atoms with E-state index in [2.05, 4.69) is 4.31 Å². The lowest BCUT2D eigenvalue weighted by Crippen LogP contribution is -2.09. The summed E-state index contributed by atoms with van der Waals surface area (Å²) in [4.78, 5) is 28.1. The minimum absolute atomic E-state index is 0.288. The summed E-state index contributed by atoms with van der Waals surface area (Å²) in [7, 11) is -6.77. The molecule has 106 valence electrons. The Kier molecular flexibility index (Phi) is 5.26. The first-order chi connectivity index (χ1) is 9.57. The summed E-state index contributed by atoms with van der Waals surface area (Å²) < 4.78 is 15.1. The number of para-hydroxylation sites is 2. The first kappa shape index (κ1) is 15.1. The summed E-state index contributed by atoms with van der Waals surface area (Å²) in [5.74, 6) is 0.576. The molecule has 0 aliphatic rings. The summed E-state index contributed by atoms with van der Waals surface area (Å²) in [6, 6.07) is 16.7. The van der Waals surface area contributed by atoms with Crippen LogP contribution in [0.2, 0.25) is 0 Å². The Morgan fingerprint density at radius 2 is 1.15 bits per heavy atom. The van der Waals surface area contributed by atoms with Crippen molar-refractivity contribution in [1.82, 2.24) is 0 Å². The summed E-state index contributed by atoms with van der Waals surface area (Å²) in [6.07, 6.45) is 0. The Labute approximate surface area is 117 Å². The molecule has 2 rings (SSSR count). The molecule has 0 bridgehead atoms. The fourth-order valence-corrected chi connectivity index (χ4v) is 3.19. The van der Waals surface area contributed by atoms with Gasteiger partial charge in [0.1, 0.15) is 0 Å². The zero-order valence-electron chi connectivity index (χ0n) is 10.2. The molecule has 0 heterocycles. The smallest absolute Gasteiger partial charge is 0.325 e. The van der Waals surface area contributed by atoms with Gasteiger partial charge in [-0.25, -0.2) is 0 Å². The second-order valence-electron chi connectivity index (χ2n) is 3.61. The molecule has 0 aromatic heterocycles. The second-order valence-corrected chi connectivity index (χ2v) is 6.07. The van der Waals surface area contributed by atoms with E-state index < -0.39 is 16.8 Å². The number of rotatable bonds is 6. The van der Waals surface area contributed by atoms with Gasteiger partial charge in [0.25, 0.3) is 0 Å². The van der Waals surface area contributed by atoms with Gasteiger partial charge in [-0.1, -0.05) is 40.7 Å². The van der Waals surface area contributed by atoms with Crippen LogP contribution in [0.5, 0.6) is 11.5 Å². The molecule has 20 heavy (non-hydrogen) atoms. The van der Waals surface area contributed by atoms with E-state index in [1.54, 1.807) is 60.7 Å². The lowest BCUT2D eigenvalue weighted by Gasteiger charge is -2.15. The molecule has 3 N–H and O–H groups in total. The van der Waals surface area contributed by atoms with Crippen LogP contribution in [0.3, 0.4) is 0 Å². The average molecular weight is 315 g/mol. The molecular weight excluding hydrogens is 302 g/mol. The van der Waals surface area contributed by atoms with Crippen LogP contribution in [0.15, 0.2) is 60.7 Å². The molecule has 0 radical (unpaired) electrons. The molecule has 0 atom stereocenters. The maximum atomic E-state index is 10.2. The molecule has 0 fully saturated rings. The predicted octanol–water partition coefficient (Wildman–Crippen LogP) is 3.04. The fraction of sp³-hybridized carbons (Fsp3) is 0. The Bertz CT molecular complexity index is 480. The summed E-state index contributed by atoms with van der Waals surface area (Å²) in [6.45, 7) is 0. The monoisotopic (exact) mass is 315 g/mol.